The average molecular weight is 370 g/mol. The molecule has 0 radical (unpaired) electrons. The maximum Gasteiger partial charge on any atom is 0.228 e. The molecule has 6 heteroatoms. The summed E-state index contributed by atoms with van der Waals surface area (Å²) >= 11 is 6.12. The smallest absolute Gasteiger partial charge is 0.228 e. The number of likely N-dealkylation sites (tertiary alicyclic amines) is 1. The van der Waals surface area contributed by atoms with Crippen LogP contribution in [0.3, 0.4) is 0 Å². The van der Waals surface area contributed by atoms with E-state index in [1.54, 1.807) is 6.20 Å². The van der Waals surface area contributed by atoms with Gasteiger partial charge in [0.2, 0.25) is 5.91 Å². The number of halogens is 1. The first-order valence-electron chi connectivity index (χ1n) is 8.69. The van der Waals surface area contributed by atoms with Crippen molar-refractivity contribution in [2.24, 2.45) is 5.73 Å². The SMILES string of the molecule is NC(=O)C1(c2ccccc2)CCN(Cc2cc3c(Cl)nccc3o2)CC1. The largest absolute Gasteiger partial charge is 0.460 e. The molecule has 1 fully saturated rings. The molecule has 3 aromatic rings. The molecule has 0 unspecified atom stereocenters. The van der Waals surface area contributed by atoms with Crippen LogP contribution in [0.4, 0.5) is 0 Å². The Kier molecular flexibility index (Phi) is 4.42. The second-order valence-electron chi connectivity index (χ2n) is 6.81. The summed E-state index contributed by atoms with van der Waals surface area (Å²) in [5.41, 5.74) is 6.97. The summed E-state index contributed by atoms with van der Waals surface area (Å²) in [4.78, 5) is 18.6. The molecular weight excluding hydrogens is 350 g/mol. The molecule has 2 N–H and O–H groups in total. The van der Waals surface area contributed by atoms with Gasteiger partial charge in [-0.15, -0.1) is 0 Å². The zero-order chi connectivity index (χ0) is 18.1. The Balaban J connectivity index is 1.50. The van der Waals surface area contributed by atoms with E-state index in [1.807, 2.05) is 42.5 Å². The van der Waals surface area contributed by atoms with Gasteiger partial charge in [0.05, 0.1) is 17.3 Å². The number of primary amides is 1. The molecule has 1 aliphatic rings. The van der Waals surface area contributed by atoms with Crippen LogP contribution in [0.2, 0.25) is 5.15 Å². The Morgan fingerprint density at radius 1 is 1.23 bits per heavy atom. The molecule has 0 spiro atoms. The highest BCUT2D eigenvalue weighted by molar-refractivity contribution is 6.34. The molecular formula is C20H20ClN3O2. The molecule has 1 aliphatic heterocycles. The lowest BCUT2D eigenvalue weighted by Crippen LogP contribution is -2.49. The molecule has 1 saturated heterocycles. The minimum atomic E-state index is -0.584. The minimum absolute atomic E-state index is 0.245. The average Bonchev–Trinajstić information content (AvgIpc) is 3.07. The number of hydrogen-bond acceptors (Lipinski definition) is 4. The van der Waals surface area contributed by atoms with E-state index in [9.17, 15) is 4.79 Å². The van der Waals surface area contributed by atoms with Crippen LogP contribution in [0.1, 0.15) is 24.2 Å². The quantitative estimate of drug-likeness (QED) is 0.714. The lowest BCUT2D eigenvalue weighted by atomic mass is 9.72. The molecule has 3 heterocycles. The van der Waals surface area contributed by atoms with Crippen molar-refractivity contribution < 1.29 is 9.21 Å². The van der Waals surface area contributed by atoms with Crippen LogP contribution in [0, 0.1) is 0 Å². The van der Waals surface area contributed by atoms with E-state index in [0.29, 0.717) is 24.5 Å². The van der Waals surface area contributed by atoms with Gasteiger partial charge in [-0.25, -0.2) is 4.98 Å². The van der Waals surface area contributed by atoms with Crippen LogP contribution >= 0.6 is 11.6 Å². The third-order valence-electron chi connectivity index (χ3n) is 5.33. The van der Waals surface area contributed by atoms with Crippen molar-refractivity contribution in [3.05, 3.63) is 65.1 Å². The highest BCUT2D eigenvalue weighted by Crippen LogP contribution is 2.36. The number of furan rings is 1. The van der Waals surface area contributed by atoms with Gasteiger partial charge in [-0.1, -0.05) is 41.9 Å². The number of rotatable bonds is 4. The molecule has 2 aromatic heterocycles. The number of aromatic nitrogens is 1. The first-order chi connectivity index (χ1) is 12.6. The number of nitrogens with zero attached hydrogens (tertiary/aromatic N) is 2. The predicted octanol–water partition coefficient (Wildman–Crippen LogP) is 3.50. The Bertz CT molecular complexity index is 931. The van der Waals surface area contributed by atoms with Crippen molar-refractivity contribution >= 4 is 28.5 Å². The Morgan fingerprint density at radius 3 is 2.62 bits per heavy atom. The second kappa shape index (κ2) is 6.74. The van der Waals surface area contributed by atoms with Crippen LogP contribution in [-0.2, 0) is 16.8 Å². The number of carbonyl (C=O) groups excluding carboxylic acids is 1. The van der Waals surface area contributed by atoms with Crippen molar-refractivity contribution in [1.29, 1.82) is 0 Å². The van der Waals surface area contributed by atoms with E-state index in [2.05, 4.69) is 9.88 Å². The Labute approximate surface area is 156 Å². The van der Waals surface area contributed by atoms with Crippen molar-refractivity contribution in [2.75, 3.05) is 13.1 Å². The van der Waals surface area contributed by atoms with Crippen LogP contribution < -0.4 is 5.73 Å². The van der Waals surface area contributed by atoms with Crippen molar-refractivity contribution in [2.45, 2.75) is 24.8 Å². The van der Waals surface area contributed by atoms with Gasteiger partial charge >= 0.3 is 0 Å². The van der Waals surface area contributed by atoms with Crippen LogP contribution in [0.5, 0.6) is 0 Å². The van der Waals surface area contributed by atoms with Gasteiger partial charge in [0.25, 0.3) is 0 Å². The Hall–Kier alpha value is -2.37. The summed E-state index contributed by atoms with van der Waals surface area (Å²) in [6.07, 6.45) is 3.05. The molecule has 0 atom stereocenters. The molecule has 5 nitrogen and oxygen atoms in total. The third-order valence-corrected chi connectivity index (χ3v) is 5.64. The monoisotopic (exact) mass is 369 g/mol. The van der Waals surface area contributed by atoms with E-state index in [0.717, 1.165) is 35.4 Å². The summed E-state index contributed by atoms with van der Waals surface area (Å²) in [5.74, 6) is 0.603. The second-order valence-corrected chi connectivity index (χ2v) is 7.17. The molecule has 26 heavy (non-hydrogen) atoms. The van der Waals surface area contributed by atoms with Crippen LogP contribution in [0.25, 0.3) is 11.0 Å². The van der Waals surface area contributed by atoms with Crippen molar-refractivity contribution in [1.82, 2.24) is 9.88 Å². The van der Waals surface area contributed by atoms with E-state index in [4.69, 9.17) is 21.8 Å². The van der Waals surface area contributed by atoms with Gasteiger partial charge in [-0.05, 0) is 43.6 Å². The van der Waals surface area contributed by atoms with Gasteiger partial charge in [0.15, 0.2) is 0 Å². The molecule has 0 bridgehead atoms. The maximum absolute atomic E-state index is 12.3. The van der Waals surface area contributed by atoms with Gasteiger partial charge in [0, 0.05) is 6.20 Å². The van der Waals surface area contributed by atoms with Crippen molar-refractivity contribution in [3.63, 3.8) is 0 Å². The maximum atomic E-state index is 12.3. The summed E-state index contributed by atoms with van der Waals surface area (Å²) in [6.45, 7) is 2.23. The Morgan fingerprint density at radius 2 is 1.96 bits per heavy atom. The van der Waals surface area contributed by atoms with Gasteiger partial charge in [-0.3, -0.25) is 9.69 Å². The molecule has 134 valence electrons. The predicted molar refractivity (Wildman–Crippen MR) is 101 cm³/mol. The number of nitrogens with two attached hydrogens (primary N) is 1. The lowest BCUT2D eigenvalue weighted by molar-refractivity contribution is -0.125. The van der Waals surface area contributed by atoms with Gasteiger partial charge in [-0.2, -0.15) is 0 Å². The molecule has 4 rings (SSSR count). The normalized spacial score (nSPS) is 17.4. The standard InChI is InChI=1S/C20H20ClN3O2/c21-18-16-12-15(26-17(16)6-9-23-18)13-24-10-7-20(8-11-24,19(22)25)14-4-2-1-3-5-14/h1-6,9,12H,7-8,10-11,13H2,(H2,22,25). The number of benzene rings is 1. The zero-order valence-electron chi connectivity index (χ0n) is 14.3. The number of hydrogen-bond donors (Lipinski definition) is 1. The fraction of sp³-hybridized carbons (Fsp3) is 0.300. The molecule has 0 saturated carbocycles. The molecule has 0 aliphatic carbocycles. The van der Waals surface area contributed by atoms with E-state index in [1.165, 1.54) is 0 Å². The topological polar surface area (TPSA) is 72.4 Å². The number of fused-ring (bicyclic) bond motifs is 1. The van der Waals surface area contributed by atoms with Crippen LogP contribution in [-0.4, -0.2) is 28.9 Å². The highest BCUT2D eigenvalue weighted by atomic mass is 35.5. The number of piperidine rings is 1. The summed E-state index contributed by atoms with van der Waals surface area (Å²) in [5, 5.41) is 1.28. The fourth-order valence-electron chi connectivity index (χ4n) is 3.81. The van der Waals surface area contributed by atoms with Crippen molar-refractivity contribution in [3.8, 4) is 0 Å². The minimum Gasteiger partial charge on any atom is -0.460 e. The van der Waals surface area contributed by atoms with Gasteiger partial charge in [0.1, 0.15) is 16.5 Å². The number of amides is 1. The number of pyridine rings is 1. The summed E-state index contributed by atoms with van der Waals surface area (Å²) < 4.78 is 5.88. The fourth-order valence-corrected chi connectivity index (χ4v) is 4.01. The van der Waals surface area contributed by atoms with Crippen LogP contribution in [0.15, 0.2) is 53.1 Å². The lowest BCUT2D eigenvalue weighted by Gasteiger charge is -2.39. The molecule has 1 aromatic carbocycles. The van der Waals surface area contributed by atoms with E-state index in [-0.39, 0.29) is 5.91 Å². The van der Waals surface area contributed by atoms with Gasteiger partial charge < -0.3 is 10.2 Å². The summed E-state index contributed by atoms with van der Waals surface area (Å²) in [7, 11) is 0. The highest BCUT2D eigenvalue weighted by Gasteiger charge is 2.41. The first kappa shape index (κ1) is 17.1. The number of carbonyl (C=O) groups is 1. The van der Waals surface area contributed by atoms with E-state index < -0.39 is 5.41 Å². The third kappa shape index (κ3) is 2.97. The summed E-state index contributed by atoms with van der Waals surface area (Å²) in [6, 6.07) is 13.6. The molecule has 1 amide bonds. The zero-order valence-corrected chi connectivity index (χ0v) is 15.1. The first-order valence-corrected chi connectivity index (χ1v) is 9.07. The van der Waals surface area contributed by atoms with E-state index >= 15 is 0 Å².